The topological polar surface area (TPSA) is 68.3 Å². The highest BCUT2D eigenvalue weighted by Gasteiger charge is 2.16. The highest BCUT2D eigenvalue weighted by molar-refractivity contribution is 7.98. The van der Waals surface area contributed by atoms with Crippen molar-refractivity contribution in [1.29, 1.82) is 0 Å². The summed E-state index contributed by atoms with van der Waals surface area (Å²) in [4.78, 5) is 8.91. The number of rotatable bonds is 7. The van der Waals surface area contributed by atoms with Gasteiger partial charge in [0.2, 0.25) is 11.8 Å². The zero-order chi connectivity index (χ0) is 16.6. The molecule has 1 aromatic heterocycles. The summed E-state index contributed by atoms with van der Waals surface area (Å²) in [6, 6.07) is 1.84. The number of hydrogen-bond acceptors (Lipinski definition) is 7. The second-order valence-corrected chi connectivity index (χ2v) is 7.31. The second-order valence-electron chi connectivity index (χ2n) is 6.54. The van der Waals surface area contributed by atoms with Crippen LogP contribution in [0.3, 0.4) is 0 Å². The predicted octanol–water partition coefficient (Wildman–Crippen LogP) is 1.96. The first kappa shape index (κ1) is 17.8. The largest absolute Gasteiger partial charge is 0.477 e. The number of hydrogen-bond donors (Lipinski definition) is 2. The van der Waals surface area contributed by atoms with Crippen molar-refractivity contribution in [3.8, 4) is 11.8 Å². The summed E-state index contributed by atoms with van der Waals surface area (Å²) >= 11 is 1.52. The van der Waals surface area contributed by atoms with Gasteiger partial charge in [0.15, 0.2) is 5.16 Å². The van der Waals surface area contributed by atoms with Crippen LogP contribution in [0.15, 0.2) is 11.2 Å². The lowest BCUT2D eigenvalue weighted by atomic mass is 9.99. The molecule has 6 nitrogen and oxygen atoms in total. The average Bonchev–Trinajstić information content (AvgIpc) is 2.66. The molecule has 2 saturated heterocycles. The van der Waals surface area contributed by atoms with Crippen LogP contribution in [0.1, 0.15) is 25.7 Å². The summed E-state index contributed by atoms with van der Waals surface area (Å²) in [5, 5.41) is 7.46. The highest BCUT2D eigenvalue weighted by atomic mass is 32.2. The molecule has 2 N–H and O–H groups in total. The van der Waals surface area contributed by atoms with Crippen molar-refractivity contribution in [3.63, 3.8) is 0 Å². The molecule has 0 aliphatic carbocycles. The van der Waals surface area contributed by atoms with Crippen LogP contribution in [0, 0.1) is 11.8 Å². The van der Waals surface area contributed by atoms with E-state index in [2.05, 4.69) is 20.6 Å². The maximum Gasteiger partial charge on any atom is 0.221 e. The summed E-state index contributed by atoms with van der Waals surface area (Å²) < 4.78 is 11.9. The third-order valence-corrected chi connectivity index (χ3v) is 5.24. The van der Waals surface area contributed by atoms with Crippen LogP contribution in [0.25, 0.3) is 0 Å². The molecule has 3 heterocycles. The number of ether oxygens (including phenoxy) is 2. The molecule has 2 fully saturated rings. The molecule has 2 aliphatic heterocycles. The Balaban J connectivity index is 1.55. The van der Waals surface area contributed by atoms with Gasteiger partial charge in [0.1, 0.15) is 0 Å². The first-order valence-electron chi connectivity index (χ1n) is 8.93. The monoisotopic (exact) mass is 352 g/mol. The van der Waals surface area contributed by atoms with Crippen LogP contribution in [0.2, 0.25) is 0 Å². The Kier molecular flexibility index (Phi) is 6.98. The number of piperidine rings is 2. The summed E-state index contributed by atoms with van der Waals surface area (Å²) in [5.74, 6) is 2.48. The SMILES string of the molecule is CSc1nc(OCC2CCNCC2)cc(OCC2CCNCC2)n1. The Bertz CT molecular complexity index is 465. The Labute approximate surface area is 148 Å². The fourth-order valence-corrected chi connectivity index (χ4v) is 3.49. The number of aromatic nitrogens is 2. The van der Waals surface area contributed by atoms with E-state index in [1.165, 1.54) is 37.4 Å². The van der Waals surface area contributed by atoms with Gasteiger partial charge in [0.25, 0.3) is 0 Å². The fraction of sp³-hybridized carbons (Fsp3) is 0.765. The molecule has 0 bridgehead atoms. The van der Waals surface area contributed by atoms with Gasteiger partial charge < -0.3 is 20.1 Å². The third-order valence-electron chi connectivity index (χ3n) is 4.69. The Morgan fingerprint density at radius 2 is 1.38 bits per heavy atom. The molecule has 3 rings (SSSR count). The fourth-order valence-electron chi connectivity index (χ4n) is 3.13. The molecular weight excluding hydrogens is 324 g/mol. The minimum atomic E-state index is 0.609. The van der Waals surface area contributed by atoms with Crippen molar-refractivity contribution in [3.05, 3.63) is 6.07 Å². The first-order valence-corrected chi connectivity index (χ1v) is 10.2. The van der Waals surface area contributed by atoms with Crippen LogP contribution < -0.4 is 20.1 Å². The van der Waals surface area contributed by atoms with Crippen molar-refractivity contribution >= 4 is 11.8 Å². The van der Waals surface area contributed by atoms with Gasteiger partial charge in [-0.05, 0) is 70.0 Å². The molecule has 2 aliphatic rings. The summed E-state index contributed by atoms with van der Waals surface area (Å²) in [6.45, 7) is 5.77. The summed E-state index contributed by atoms with van der Waals surface area (Å²) in [7, 11) is 0. The van der Waals surface area contributed by atoms with E-state index in [0.29, 0.717) is 28.8 Å². The number of thioether (sulfide) groups is 1. The van der Waals surface area contributed by atoms with E-state index in [1.54, 1.807) is 0 Å². The number of nitrogens with one attached hydrogen (secondary N) is 2. The van der Waals surface area contributed by atoms with Gasteiger partial charge in [0.05, 0.1) is 19.3 Å². The van der Waals surface area contributed by atoms with Crippen molar-refractivity contribution in [2.24, 2.45) is 11.8 Å². The molecular formula is C17H28N4O2S. The van der Waals surface area contributed by atoms with Gasteiger partial charge in [-0.15, -0.1) is 0 Å². The zero-order valence-corrected chi connectivity index (χ0v) is 15.2. The molecule has 0 unspecified atom stereocenters. The molecule has 7 heteroatoms. The van der Waals surface area contributed by atoms with Gasteiger partial charge in [-0.3, -0.25) is 0 Å². The molecule has 0 saturated carbocycles. The van der Waals surface area contributed by atoms with E-state index in [0.717, 1.165) is 39.4 Å². The van der Waals surface area contributed by atoms with E-state index in [4.69, 9.17) is 9.47 Å². The van der Waals surface area contributed by atoms with E-state index < -0.39 is 0 Å². The van der Waals surface area contributed by atoms with Gasteiger partial charge in [-0.1, -0.05) is 11.8 Å². The lowest BCUT2D eigenvalue weighted by Gasteiger charge is -2.23. The molecule has 0 radical (unpaired) electrons. The van der Waals surface area contributed by atoms with Gasteiger partial charge in [0, 0.05) is 0 Å². The minimum Gasteiger partial charge on any atom is -0.477 e. The molecule has 0 amide bonds. The van der Waals surface area contributed by atoms with Crippen LogP contribution in [-0.2, 0) is 0 Å². The standard InChI is InChI=1S/C17H28N4O2S/c1-24-17-20-15(22-11-13-2-6-18-7-3-13)10-16(21-17)23-12-14-4-8-19-9-5-14/h10,13-14,18-19H,2-9,11-12H2,1H3. The van der Waals surface area contributed by atoms with Crippen molar-refractivity contribution < 1.29 is 9.47 Å². The summed E-state index contributed by atoms with van der Waals surface area (Å²) in [6.07, 6.45) is 6.64. The maximum absolute atomic E-state index is 5.94. The van der Waals surface area contributed by atoms with Crippen molar-refractivity contribution in [2.45, 2.75) is 30.8 Å². The van der Waals surface area contributed by atoms with Crippen LogP contribution in [0.4, 0.5) is 0 Å². The van der Waals surface area contributed by atoms with E-state index >= 15 is 0 Å². The molecule has 0 spiro atoms. The van der Waals surface area contributed by atoms with Crippen molar-refractivity contribution in [1.82, 2.24) is 20.6 Å². The minimum absolute atomic E-state index is 0.609. The van der Waals surface area contributed by atoms with Crippen LogP contribution >= 0.6 is 11.8 Å². The molecule has 1 aromatic rings. The van der Waals surface area contributed by atoms with Gasteiger partial charge in [-0.25, -0.2) is 0 Å². The Morgan fingerprint density at radius 3 is 1.79 bits per heavy atom. The first-order chi connectivity index (χ1) is 11.8. The van der Waals surface area contributed by atoms with Gasteiger partial charge >= 0.3 is 0 Å². The van der Waals surface area contributed by atoms with E-state index in [-0.39, 0.29) is 0 Å². The highest BCUT2D eigenvalue weighted by Crippen LogP contribution is 2.23. The van der Waals surface area contributed by atoms with E-state index in [1.807, 2.05) is 12.3 Å². The molecule has 24 heavy (non-hydrogen) atoms. The van der Waals surface area contributed by atoms with Crippen LogP contribution in [0.5, 0.6) is 11.8 Å². The Hall–Kier alpha value is -1.05. The van der Waals surface area contributed by atoms with E-state index in [9.17, 15) is 0 Å². The lowest BCUT2D eigenvalue weighted by Crippen LogP contribution is -2.31. The van der Waals surface area contributed by atoms with Gasteiger partial charge in [-0.2, -0.15) is 9.97 Å². The normalized spacial score (nSPS) is 20.0. The third kappa shape index (κ3) is 5.50. The molecule has 134 valence electrons. The lowest BCUT2D eigenvalue weighted by molar-refractivity contribution is 0.195. The molecule has 0 aromatic carbocycles. The second kappa shape index (κ2) is 9.44. The summed E-state index contributed by atoms with van der Waals surface area (Å²) in [5.41, 5.74) is 0. The zero-order valence-electron chi connectivity index (χ0n) is 14.4. The number of nitrogens with zero attached hydrogens (tertiary/aromatic N) is 2. The average molecular weight is 353 g/mol. The smallest absolute Gasteiger partial charge is 0.221 e. The van der Waals surface area contributed by atoms with Crippen LogP contribution in [-0.4, -0.2) is 55.6 Å². The Morgan fingerprint density at radius 1 is 0.917 bits per heavy atom. The van der Waals surface area contributed by atoms with Crippen molar-refractivity contribution in [2.75, 3.05) is 45.6 Å². The molecule has 0 atom stereocenters. The maximum atomic E-state index is 5.94. The quantitative estimate of drug-likeness (QED) is 0.574. The predicted molar refractivity (Wildman–Crippen MR) is 96.0 cm³/mol.